The molecule has 1 atom stereocenters. The summed E-state index contributed by atoms with van der Waals surface area (Å²) in [6.45, 7) is 6.08. The van der Waals surface area contributed by atoms with Crippen LogP contribution in [0, 0.1) is 0 Å². The summed E-state index contributed by atoms with van der Waals surface area (Å²) >= 11 is 0. The SMILES string of the molecule is CC(C)(N)CCCNCc1ccc2c(c1)CN(C1CCC(=O)NC1=O)C2=O. The lowest BCUT2D eigenvalue weighted by Gasteiger charge is -2.29. The van der Waals surface area contributed by atoms with E-state index in [9.17, 15) is 14.4 Å². The zero-order chi connectivity index (χ0) is 19.6. The minimum atomic E-state index is -0.566. The van der Waals surface area contributed by atoms with Crippen LogP contribution in [0.15, 0.2) is 18.2 Å². The number of piperidine rings is 1. The molecule has 1 aromatic rings. The molecule has 146 valence electrons. The molecule has 1 unspecified atom stereocenters. The van der Waals surface area contributed by atoms with Gasteiger partial charge in [0.25, 0.3) is 5.91 Å². The van der Waals surface area contributed by atoms with E-state index in [4.69, 9.17) is 5.73 Å². The lowest BCUT2D eigenvalue weighted by atomic mass is 10.0. The van der Waals surface area contributed by atoms with Crippen LogP contribution < -0.4 is 16.4 Å². The average molecular weight is 372 g/mol. The molecule has 4 N–H and O–H groups in total. The van der Waals surface area contributed by atoms with E-state index >= 15 is 0 Å². The first-order valence-corrected chi connectivity index (χ1v) is 9.51. The standard InChI is InChI=1S/C20H28N4O3/c1-20(2,21)8-3-9-22-11-13-4-5-15-14(10-13)12-24(19(15)27)16-6-7-17(25)23-18(16)26/h4-5,10,16,22H,3,6-9,11-12,21H2,1-2H3,(H,23,25,26). The van der Waals surface area contributed by atoms with Gasteiger partial charge in [0.15, 0.2) is 0 Å². The van der Waals surface area contributed by atoms with Gasteiger partial charge in [0.2, 0.25) is 11.8 Å². The molecule has 7 nitrogen and oxygen atoms in total. The molecule has 1 aromatic carbocycles. The van der Waals surface area contributed by atoms with Gasteiger partial charge in [-0.05, 0) is 56.8 Å². The monoisotopic (exact) mass is 372 g/mol. The minimum absolute atomic E-state index is 0.135. The first-order valence-electron chi connectivity index (χ1n) is 9.51. The second-order valence-electron chi connectivity index (χ2n) is 8.16. The van der Waals surface area contributed by atoms with E-state index in [1.807, 2.05) is 32.0 Å². The summed E-state index contributed by atoms with van der Waals surface area (Å²) < 4.78 is 0. The molecule has 7 heteroatoms. The number of nitrogens with zero attached hydrogens (tertiary/aromatic N) is 1. The second-order valence-corrected chi connectivity index (χ2v) is 8.16. The van der Waals surface area contributed by atoms with Crippen molar-refractivity contribution >= 4 is 17.7 Å². The quantitative estimate of drug-likeness (QED) is 0.490. The number of fused-ring (bicyclic) bond motifs is 1. The van der Waals surface area contributed by atoms with E-state index in [-0.39, 0.29) is 29.7 Å². The maximum atomic E-state index is 12.7. The summed E-state index contributed by atoms with van der Waals surface area (Å²) in [7, 11) is 0. The number of benzene rings is 1. The molecule has 0 radical (unpaired) electrons. The van der Waals surface area contributed by atoms with Crippen LogP contribution in [0.3, 0.4) is 0 Å². The summed E-state index contributed by atoms with van der Waals surface area (Å²) in [5.41, 5.74) is 8.53. The van der Waals surface area contributed by atoms with Crippen LogP contribution in [0.5, 0.6) is 0 Å². The molecule has 0 bridgehead atoms. The summed E-state index contributed by atoms with van der Waals surface area (Å²) in [4.78, 5) is 37.7. The molecule has 3 amide bonds. The zero-order valence-electron chi connectivity index (χ0n) is 16.0. The molecule has 27 heavy (non-hydrogen) atoms. The largest absolute Gasteiger partial charge is 0.326 e. The van der Waals surface area contributed by atoms with Crippen LogP contribution in [0.4, 0.5) is 0 Å². The Morgan fingerprint density at radius 1 is 1.30 bits per heavy atom. The number of hydrogen-bond acceptors (Lipinski definition) is 5. The number of nitrogens with one attached hydrogen (secondary N) is 2. The van der Waals surface area contributed by atoms with E-state index in [1.165, 1.54) is 0 Å². The number of imide groups is 1. The molecule has 0 aliphatic carbocycles. The fourth-order valence-electron chi connectivity index (χ4n) is 3.64. The second kappa shape index (κ2) is 7.78. The number of carbonyl (C=O) groups is 3. The van der Waals surface area contributed by atoms with Crippen molar-refractivity contribution in [3.8, 4) is 0 Å². The number of rotatable bonds is 7. The highest BCUT2D eigenvalue weighted by Gasteiger charge is 2.38. The van der Waals surface area contributed by atoms with E-state index in [0.717, 1.165) is 37.1 Å². The van der Waals surface area contributed by atoms with Crippen LogP contribution in [-0.4, -0.2) is 40.7 Å². The molecule has 3 rings (SSSR count). The summed E-state index contributed by atoms with van der Waals surface area (Å²) in [6, 6.07) is 5.25. The minimum Gasteiger partial charge on any atom is -0.326 e. The van der Waals surface area contributed by atoms with E-state index in [2.05, 4.69) is 10.6 Å². The first-order chi connectivity index (χ1) is 12.7. The van der Waals surface area contributed by atoms with Crippen LogP contribution >= 0.6 is 0 Å². The molecule has 0 saturated carbocycles. The van der Waals surface area contributed by atoms with E-state index in [1.54, 1.807) is 4.90 Å². The van der Waals surface area contributed by atoms with Crippen molar-refractivity contribution in [1.29, 1.82) is 0 Å². The predicted molar refractivity (Wildman–Crippen MR) is 102 cm³/mol. The normalized spacial score (nSPS) is 20.0. The number of amides is 3. The number of nitrogens with two attached hydrogens (primary N) is 1. The maximum Gasteiger partial charge on any atom is 0.255 e. The summed E-state index contributed by atoms with van der Waals surface area (Å²) in [6.07, 6.45) is 2.62. The molecule has 1 saturated heterocycles. The average Bonchev–Trinajstić information content (AvgIpc) is 2.90. The molecule has 0 aromatic heterocycles. The molecule has 2 aliphatic rings. The van der Waals surface area contributed by atoms with Crippen LogP contribution in [-0.2, 0) is 22.7 Å². The van der Waals surface area contributed by atoms with Crippen LogP contribution in [0.2, 0.25) is 0 Å². The van der Waals surface area contributed by atoms with Gasteiger partial charge in [-0.2, -0.15) is 0 Å². The van der Waals surface area contributed by atoms with Crippen molar-refractivity contribution in [2.24, 2.45) is 5.73 Å². The lowest BCUT2D eigenvalue weighted by molar-refractivity contribution is -0.136. The van der Waals surface area contributed by atoms with Gasteiger partial charge in [-0.1, -0.05) is 12.1 Å². The Morgan fingerprint density at radius 2 is 2.07 bits per heavy atom. The topological polar surface area (TPSA) is 105 Å². The van der Waals surface area contributed by atoms with Gasteiger partial charge >= 0.3 is 0 Å². The summed E-state index contributed by atoms with van der Waals surface area (Å²) in [5.74, 6) is -0.784. The van der Waals surface area contributed by atoms with Crippen molar-refractivity contribution in [1.82, 2.24) is 15.5 Å². The zero-order valence-corrected chi connectivity index (χ0v) is 16.0. The van der Waals surface area contributed by atoms with Crippen molar-refractivity contribution in [3.63, 3.8) is 0 Å². The predicted octanol–water partition coefficient (Wildman–Crippen LogP) is 1.05. The van der Waals surface area contributed by atoms with Crippen molar-refractivity contribution in [2.45, 2.75) is 64.2 Å². The summed E-state index contributed by atoms with van der Waals surface area (Å²) in [5, 5.41) is 5.73. The van der Waals surface area contributed by atoms with E-state index < -0.39 is 6.04 Å². The lowest BCUT2D eigenvalue weighted by Crippen LogP contribution is -2.52. The number of hydrogen-bond donors (Lipinski definition) is 3. The maximum absolute atomic E-state index is 12.7. The van der Waals surface area contributed by atoms with E-state index in [0.29, 0.717) is 18.5 Å². The molecule has 0 spiro atoms. The first kappa shape index (κ1) is 19.5. The smallest absolute Gasteiger partial charge is 0.255 e. The van der Waals surface area contributed by atoms with Crippen LogP contribution in [0.1, 0.15) is 61.0 Å². The Bertz CT molecular complexity index is 754. The Labute approximate surface area is 159 Å². The van der Waals surface area contributed by atoms with Crippen molar-refractivity contribution in [3.05, 3.63) is 34.9 Å². The Balaban J connectivity index is 1.57. The van der Waals surface area contributed by atoms with Gasteiger partial charge in [0.05, 0.1) is 0 Å². The fraction of sp³-hybridized carbons (Fsp3) is 0.550. The Morgan fingerprint density at radius 3 is 2.78 bits per heavy atom. The van der Waals surface area contributed by atoms with Gasteiger partial charge in [-0.25, -0.2) is 0 Å². The number of carbonyl (C=O) groups excluding carboxylic acids is 3. The molecule has 1 fully saturated rings. The van der Waals surface area contributed by atoms with Gasteiger partial charge in [-0.3, -0.25) is 19.7 Å². The van der Waals surface area contributed by atoms with Crippen LogP contribution in [0.25, 0.3) is 0 Å². The Kier molecular flexibility index (Phi) is 5.62. The van der Waals surface area contributed by atoms with Gasteiger partial charge in [-0.15, -0.1) is 0 Å². The molecule has 2 aliphatic heterocycles. The molecular weight excluding hydrogens is 344 g/mol. The van der Waals surface area contributed by atoms with Gasteiger partial charge in [0, 0.05) is 30.6 Å². The third-order valence-electron chi connectivity index (χ3n) is 5.09. The van der Waals surface area contributed by atoms with Crippen molar-refractivity contribution in [2.75, 3.05) is 6.54 Å². The third kappa shape index (κ3) is 4.73. The Hall–Kier alpha value is -2.25. The van der Waals surface area contributed by atoms with Gasteiger partial charge < -0.3 is 16.0 Å². The molecule has 2 heterocycles. The van der Waals surface area contributed by atoms with Crippen molar-refractivity contribution < 1.29 is 14.4 Å². The third-order valence-corrected chi connectivity index (χ3v) is 5.09. The molecular formula is C20H28N4O3. The highest BCUT2D eigenvalue weighted by atomic mass is 16.2. The fourth-order valence-corrected chi connectivity index (χ4v) is 3.64. The van der Waals surface area contributed by atoms with Gasteiger partial charge in [0.1, 0.15) is 6.04 Å². The highest BCUT2D eigenvalue weighted by molar-refractivity contribution is 6.05. The highest BCUT2D eigenvalue weighted by Crippen LogP contribution is 2.28.